The fraction of sp³-hybridized carbons (Fsp3) is 0.238. The van der Waals surface area contributed by atoms with Gasteiger partial charge in [0.1, 0.15) is 0 Å². The Morgan fingerprint density at radius 1 is 1.04 bits per heavy atom. The zero-order valence-electron chi connectivity index (χ0n) is 13.5. The van der Waals surface area contributed by atoms with Crippen molar-refractivity contribution in [1.29, 1.82) is 0 Å². The number of hydrogen-bond acceptors (Lipinski definition) is 2. The van der Waals surface area contributed by atoms with Crippen LogP contribution in [0.15, 0.2) is 79.4 Å². The molecule has 0 fully saturated rings. The molecule has 2 N–H and O–H groups in total. The highest BCUT2D eigenvalue weighted by Gasteiger charge is 2.26. The smallest absolute Gasteiger partial charge is 0.0785 e. The van der Waals surface area contributed by atoms with Crippen molar-refractivity contribution in [3.8, 4) is 0 Å². The molecule has 0 spiro atoms. The van der Waals surface area contributed by atoms with Crippen molar-refractivity contribution in [2.45, 2.75) is 18.9 Å². The van der Waals surface area contributed by atoms with Crippen LogP contribution in [0, 0.1) is 5.92 Å². The van der Waals surface area contributed by atoms with E-state index in [0.29, 0.717) is 0 Å². The van der Waals surface area contributed by atoms with E-state index in [4.69, 9.17) is 0 Å². The number of rotatable bonds is 7. The van der Waals surface area contributed by atoms with Crippen molar-refractivity contribution >= 4 is 5.57 Å². The molecule has 0 unspecified atom stereocenters. The molecule has 23 heavy (non-hydrogen) atoms. The predicted molar refractivity (Wildman–Crippen MR) is 96.1 cm³/mol. The number of aliphatic hydroxyl groups is 2. The van der Waals surface area contributed by atoms with Crippen LogP contribution >= 0.6 is 0 Å². The van der Waals surface area contributed by atoms with E-state index in [9.17, 15) is 10.2 Å². The standard InChI is InChI=1S/C21H24O2/c1-3-19(18-12-8-5-9-13-18)20(15-22)21(23)14-16(2)17-10-6-4-7-11-17/h3-14,19-23H,1,15H2,2H3/b16-14+/t19-,20-,21-/m0/s1. The summed E-state index contributed by atoms with van der Waals surface area (Å²) >= 11 is 0. The summed E-state index contributed by atoms with van der Waals surface area (Å²) in [5.74, 6) is -0.426. The second-order valence-corrected chi connectivity index (χ2v) is 5.72. The quantitative estimate of drug-likeness (QED) is 0.758. The summed E-state index contributed by atoms with van der Waals surface area (Å²) in [4.78, 5) is 0. The molecule has 0 aliphatic carbocycles. The molecule has 0 heterocycles. The van der Waals surface area contributed by atoms with Crippen LogP contribution in [0.4, 0.5) is 0 Å². The van der Waals surface area contributed by atoms with E-state index in [1.54, 1.807) is 6.08 Å². The second-order valence-electron chi connectivity index (χ2n) is 5.72. The first-order valence-electron chi connectivity index (χ1n) is 7.87. The van der Waals surface area contributed by atoms with Crippen LogP contribution in [0.5, 0.6) is 0 Å². The van der Waals surface area contributed by atoms with Gasteiger partial charge in [0.15, 0.2) is 0 Å². The number of benzene rings is 2. The van der Waals surface area contributed by atoms with Gasteiger partial charge in [0, 0.05) is 18.4 Å². The van der Waals surface area contributed by atoms with Gasteiger partial charge >= 0.3 is 0 Å². The Kier molecular flexibility index (Phi) is 6.33. The van der Waals surface area contributed by atoms with E-state index < -0.39 is 6.10 Å². The zero-order chi connectivity index (χ0) is 16.7. The molecule has 0 bridgehead atoms. The number of allylic oxidation sites excluding steroid dienone is 2. The van der Waals surface area contributed by atoms with Gasteiger partial charge in [-0.15, -0.1) is 6.58 Å². The maximum atomic E-state index is 10.6. The molecular formula is C21H24O2. The lowest BCUT2D eigenvalue weighted by atomic mass is 9.82. The Labute approximate surface area is 138 Å². The minimum atomic E-state index is -0.747. The highest BCUT2D eigenvalue weighted by atomic mass is 16.3. The maximum absolute atomic E-state index is 10.6. The predicted octanol–water partition coefficient (Wildman–Crippen LogP) is 4.03. The molecular weight excluding hydrogens is 284 g/mol. The largest absolute Gasteiger partial charge is 0.396 e. The lowest BCUT2D eigenvalue weighted by Gasteiger charge is -2.26. The molecule has 2 heteroatoms. The number of hydrogen-bond donors (Lipinski definition) is 2. The highest BCUT2D eigenvalue weighted by Crippen LogP contribution is 2.30. The Morgan fingerprint density at radius 3 is 2.13 bits per heavy atom. The third kappa shape index (κ3) is 4.41. The molecule has 0 amide bonds. The van der Waals surface area contributed by atoms with E-state index in [2.05, 4.69) is 6.58 Å². The van der Waals surface area contributed by atoms with Gasteiger partial charge < -0.3 is 10.2 Å². The average molecular weight is 308 g/mol. The summed E-state index contributed by atoms with van der Waals surface area (Å²) in [6, 6.07) is 19.8. The second kappa shape index (κ2) is 8.47. The summed E-state index contributed by atoms with van der Waals surface area (Å²) in [5, 5.41) is 20.4. The van der Waals surface area contributed by atoms with Crippen LogP contribution in [0.1, 0.15) is 24.0 Å². The molecule has 0 saturated heterocycles. The van der Waals surface area contributed by atoms with Crippen molar-refractivity contribution in [2.75, 3.05) is 6.61 Å². The van der Waals surface area contributed by atoms with Crippen LogP contribution in [-0.4, -0.2) is 22.9 Å². The van der Waals surface area contributed by atoms with Crippen molar-refractivity contribution in [3.63, 3.8) is 0 Å². The van der Waals surface area contributed by atoms with Crippen LogP contribution < -0.4 is 0 Å². The Hall–Kier alpha value is -2.16. The molecule has 0 aliphatic rings. The minimum Gasteiger partial charge on any atom is -0.396 e. The molecule has 2 aromatic rings. The molecule has 0 radical (unpaired) electrons. The SMILES string of the molecule is C=C[C@@H](c1ccccc1)[C@H](CO)[C@@H](O)/C=C(\C)c1ccccc1. The van der Waals surface area contributed by atoms with E-state index >= 15 is 0 Å². The molecule has 120 valence electrons. The van der Waals surface area contributed by atoms with Gasteiger partial charge in [-0.2, -0.15) is 0 Å². The summed E-state index contributed by atoms with van der Waals surface area (Å²) in [5.41, 5.74) is 3.11. The third-order valence-corrected chi connectivity index (χ3v) is 4.20. The molecule has 0 aromatic heterocycles. The maximum Gasteiger partial charge on any atom is 0.0785 e. The lowest BCUT2D eigenvalue weighted by Crippen LogP contribution is -2.27. The van der Waals surface area contributed by atoms with Crippen molar-refractivity contribution in [2.24, 2.45) is 5.92 Å². The van der Waals surface area contributed by atoms with E-state index in [0.717, 1.165) is 16.7 Å². The van der Waals surface area contributed by atoms with Crippen LogP contribution in [-0.2, 0) is 0 Å². The van der Waals surface area contributed by atoms with Crippen LogP contribution in [0.25, 0.3) is 5.57 Å². The molecule has 2 nitrogen and oxygen atoms in total. The van der Waals surface area contributed by atoms with Crippen LogP contribution in [0.3, 0.4) is 0 Å². The normalized spacial score (nSPS) is 15.7. The van der Waals surface area contributed by atoms with Gasteiger partial charge in [0.25, 0.3) is 0 Å². The minimum absolute atomic E-state index is 0.101. The van der Waals surface area contributed by atoms with E-state index in [1.807, 2.05) is 73.7 Å². The first-order chi connectivity index (χ1) is 11.2. The summed E-state index contributed by atoms with van der Waals surface area (Å²) in [6.45, 7) is 5.75. The molecule has 3 atom stereocenters. The molecule has 0 saturated carbocycles. The monoisotopic (exact) mass is 308 g/mol. The van der Waals surface area contributed by atoms with Crippen molar-refractivity contribution in [1.82, 2.24) is 0 Å². The fourth-order valence-corrected chi connectivity index (χ4v) is 2.84. The van der Waals surface area contributed by atoms with Gasteiger partial charge in [0.2, 0.25) is 0 Å². The summed E-state index contributed by atoms with van der Waals surface area (Å²) in [7, 11) is 0. The Balaban J connectivity index is 2.24. The van der Waals surface area contributed by atoms with Gasteiger partial charge in [-0.1, -0.05) is 72.8 Å². The van der Waals surface area contributed by atoms with Gasteiger partial charge in [-0.25, -0.2) is 0 Å². The van der Waals surface area contributed by atoms with Gasteiger partial charge in [0.05, 0.1) is 6.10 Å². The molecule has 0 aliphatic heterocycles. The van der Waals surface area contributed by atoms with Gasteiger partial charge in [-0.05, 0) is 23.6 Å². The lowest BCUT2D eigenvalue weighted by molar-refractivity contribution is 0.0921. The average Bonchev–Trinajstić information content (AvgIpc) is 2.60. The topological polar surface area (TPSA) is 40.5 Å². The molecule has 2 aromatic carbocycles. The zero-order valence-corrected chi connectivity index (χ0v) is 13.5. The summed E-state index contributed by atoms with van der Waals surface area (Å²) < 4.78 is 0. The number of aliphatic hydroxyl groups excluding tert-OH is 2. The van der Waals surface area contributed by atoms with Crippen molar-refractivity contribution < 1.29 is 10.2 Å². The third-order valence-electron chi connectivity index (χ3n) is 4.20. The Morgan fingerprint density at radius 2 is 1.61 bits per heavy atom. The first kappa shape index (κ1) is 17.2. The highest BCUT2D eigenvalue weighted by molar-refractivity contribution is 5.64. The Bertz CT molecular complexity index is 631. The van der Waals surface area contributed by atoms with Crippen LogP contribution in [0.2, 0.25) is 0 Å². The summed E-state index contributed by atoms with van der Waals surface area (Å²) in [6.07, 6.45) is 2.87. The van der Waals surface area contributed by atoms with E-state index in [-0.39, 0.29) is 18.4 Å². The van der Waals surface area contributed by atoms with Gasteiger partial charge in [-0.3, -0.25) is 0 Å². The first-order valence-corrected chi connectivity index (χ1v) is 7.87. The molecule has 2 rings (SSSR count). The van der Waals surface area contributed by atoms with E-state index in [1.165, 1.54) is 0 Å². The fourth-order valence-electron chi connectivity index (χ4n) is 2.84. The van der Waals surface area contributed by atoms with Crippen molar-refractivity contribution in [3.05, 3.63) is 90.5 Å².